The maximum Gasteiger partial charge on any atom is 0.240 e. The highest BCUT2D eigenvalue weighted by Gasteiger charge is 2.45. The number of ether oxygens (including phenoxy) is 1. The summed E-state index contributed by atoms with van der Waals surface area (Å²) in [6.07, 6.45) is 4.64. The Morgan fingerprint density at radius 3 is 3.05 bits per heavy atom. The molecule has 1 fully saturated rings. The van der Waals surface area contributed by atoms with Gasteiger partial charge in [-0.05, 0) is 49.3 Å². The van der Waals surface area contributed by atoms with E-state index in [1.165, 1.54) is 11.1 Å². The zero-order chi connectivity index (χ0) is 13.3. The summed E-state index contributed by atoms with van der Waals surface area (Å²) in [7, 11) is 0. The molecule has 0 atom stereocenters. The highest BCUT2D eigenvalue weighted by atomic mass is 16.5. The normalized spacial score (nSPS) is 19.2. The van der Waals surface area contributed by atoms with Crippen LogP contribution in [0.1, 0.15) is 30.4 Å². The van der Waals surface area contributed by atoms with Crippen molar-refractivity contribution in [2.75, 3.05) is 13.2 Å². The number of aryl methyl sites for hydroxylation is 1. The number of rotatable bonds is 4. The summed E-state index contributed by atoms with van der Waals surface area (Å²) in [4.78, 5) is 11.7. The molecular weight excluding hydrogens is 240 g/mol. The lowest BCUT2D eigenvalue weighted by molar-refractivity contribution is -0.123. The molecule has 4 nitrogen and oxygen atoms in total. The van der Waals surface area contributed by atoms with Crippen LogP contribution in [-0.4, -0.2) is 24.6 Å². The number of carbonyl (C=O) groups is 1. The van der Waals surface area contributed by atoms with Gasteiger partial charge in [0, 0.05) is 6.54 Å². The zero-order valence-electron chi connectivity index (χ0n) is 11.1. The first kappa shape index (κ1) is 12.5. The van der Waals surface area contributed by atoms with Crippen molar-refractivity contribution < 1.29 is 9.53 Å². The molecule has 1 saturated carbocycles. The van der Waals surface area contributed by atoms with Gasteiger partial charge in [0.15, 0.2) is 0 Å². The van der Waals surface area contributed by atoms with Crippen LogP contribution in [0.5, 0.6) is 5.75 Å². The van der Waals surface area contributed by atoms with E-state index in [4.69, 9.17) is 10.5 Å². The Bertz CT molecular complexity index is 495. The molecule has 102 valence electrons. The number of nitrogens with two attached hydrogens (primary N) is 1. The van der Waals surface area contributed by atoms with Crippen molar-refractivity contribution in [1.29, 1.82) is 0 Å². The van der Waals surface area contributed by atoms with Gasteiger partial charge in [0.05, 0.1) is 12.1 Å². The standard InChI is InChI=1S/C15H20N2O2/c16-15(6-7-15)14(18)17-8-5-11-3-4-13-12(10-11)2-1-9-19-13/h3-4,10H,1-2,5-9,16H2,(H,17,18). The molecule has 1 amide bonds. The van der Waals surface area contributed by atoms with Gasteiger partial charge in [-0.25, -0.2) is 0 Å². The number of nitrogens with one attached hydrogen (secondary N) is 1. The van der Waals surface area contributed by atoms with Gasteiger partial charge in [-0.1, -0.05) is 12.1 Å². The summed E-state index contributed by atoms with van der Waals surface area (Å²) in [6, 6.07) is 6.30. The van der Waals surface area contributed by atoms with Crippen LogP contribution in [-0.2, 0) is 17.6 Å². The minimum absolute atomic E-state index is 0.00575. The van der Waals surface area contributed by atoms with Crippen molar-refractivity contribution in [3.63, 3.8) is 0 Å². The van der Waals surface area contributed by atoms with Gasteiger partial charge in [0.2, 0.25) is 5.91 Å². The summed E-state index contributed by atoms with van der Waals surface area (Å²) in [5, 5.41) is 2.92. The molecule has 2 aliphatic rings. The Morgan fingerprint density at radius 2 is 2.26 bits per heavy atom. The molecule has 0 aromatic heterocycles. The fourth-order valence-electron chi connectivity index (χ4n) is 2.43. The highest BCUT2D eigenvalue weighted by molar-refractivity contribution is 5.88. The molecule has 4 heteroatoms. The molecule has 1 aromatic rings. The number of hydrogen-bond donors (Lipinski definition) is 2. The van der Waals surface area contributed by atoms with Gasteiger partial charge in [-0.3, -0.25) is 4.79 Å². The predicted octanol–water partition coefficient (Wildman–Crippen LogP) is 1.16. The number of hydrogen-bond acceptors (Lipinski definition) is 3. The summed E-state index contributed by atoms with van der Waals surface area (Å²) in [6.45, 7) is 1.47. The van der Waals surface area contributed by atoms with Crippen LogP contribution in [0.3, 0.4) is 0 Å². The molecule has 19 heavy (non-hydrogen) atoms. The first-order chi connectivity index (χ1) is 9.17. The van der Waals surface area contributed by atoms with E-state index in [-0.39, 0.29) is 5.91 Å². The second kappa shape index (κ2) is 4.85. The molecule has 0 saturated heterocycles. The molecule has 0 radical (unpaired) electrons. The summed E-state index contributed by atoms with van der Waals surface area (Å²) >= 11 is 0. The van der Waals surface area contributed by atoms with E-state index in [0.29, 0.717) is 6.54 Å². The molecular formula is C15H20N2O2. The smallest absolute Gasteiger partial charge is 0.240 e. The second-order valence-corrected chi connectivity index (χ2v) is 5.56. The van der Waals surface area contributed by atoms with Crippen LogP contribution < -0.4 is 15.8 Å². The Labute approximate surface area is 113 Å². The topological polar surface area (TPSA) is 64.4 Å². The third-order valence-corrected chi connectivity index (χ3v) is 3.91. The minimum Gasteiger partial charge on any atom is -0.493 e. The number of amides is 1. The van der Waals surface area contributed by atoms with Gasteiger partial charge in [-0.15, -0.1) is 0 Å². The Morgan fingerprint density at radius 1 is 1.42 bits per heavy atom. The van der Waals surface area contributed by atoms with E-state index in [1.54, 1.807) is 0 Å². The number of carbonyl (C=O) groups excluding carboxylic acids is 1. The maximum absolute atomic E-state index is 11.7. The molecule has 1 aliphatic heterocycles. The van der Waals surface area contributed by atoms with Gasteiger partial charge < -0.3 is 15.8 Å². The van der Waals surface area contributed by atoms with E-state index in [9.17, 15) is 4.79 Å². The van der Waals surface area contributed by atoms with Gasteiger partial charge in [0.25, 0.3) is 0 Å². The lowest BCUT2D eigenvalue weighted by Crippen LogP contribution is -2.43. The summed E-state index contributed by atoms with van der Waals surface area (Å²) in [5.74, 6) is 1.01. The van der Waals surface area contributed by atoms with Crippen LogP contribution in [0.2, 0.25) is 0 Å². The Kier molecular flexibility index (Phi) is 3.19. The summed E-state index contributed by atoms with van der Waals surface area (Å²) in [5.41, 5.74) is 7.79. The first-order valence-electron chi connectivity index (χ1n) is 6.99. The first-order valence-corrected chi connectivity index (χ1v) is 6.99. The van der Waals surface area contributed by atoms with E-state index in [1.807, 2.05) is 6.07 Å². The molecule has 0 spiro atoms. The zero-order valence-corrected chi connectivity index (χ0v) is 11.1. The van der Waals surface area contributed by atoms with Gasteiger partial charge >= 0.3 is 0 Å². The Balaban J connectivity index is 1.54. The van der Waals surface area contributed by atoms with Crippen molar-refractivity contribution in [2.45, 2.75) is 37.6 Å². The lowest BCUT2D eigenvalue weighted by atomic mass is 10.0. The van der Waals surface area contributed by atoms with E-state index >= 15 is 0 Å². The average Bonchev–Trinajstić information content (AvgIpc) is 3.18. The minimum atomic E-state index is -0.566. The van der Waals surface area contributed by atoms with E-state index in [0.717, 1.165) is 44.5 Å². The number of fused-ring (bicyclic) bond motifs is 1. The molecule has 3 N–H and O–H groups in total. The van der Waals surface area contributed by atoms with Crippen LogP contribution in [0.15, 0.2) is 18.2 Å². The van der Waals surface area contributed by atoms with E-state index in [2.05, 4.69) is 17.4 Å². The third-order valence-electron chi connectivity index (χ3n) is 3.91. The highest BCUT2D eigenvalue weighted by Crippen LogP contribution is 2.32. The number of benzene rings is 1. The molecule has 1 heterocycles. The van der Waals surface area contributed by atoms with Crippen molar-refractivity contribution in [2.24, 2.45) is 5.73 Å². The third kappa shape index (κ3) is 2.73. The predicted molar refractivity (Wildman–Crippen MR) is 73.1 cm³/mol. The lowest BCUT2D eigenvalue weighted by Gasteiger charge is -2.18. The molecule has 0 bridgehead atoms. The largest absolute Gasteiger partial charge is 0.493 e. The van der Waals surface area contributed by atoms with Crippen molar-refractivity contribution in [1.82, 2.24) is 5.32 Å². The second-order valence-electron chi connectivity index (χ2n) is 5.56. The monoisotopic (exact) mass is 260 g/mol. The van der Waals surface area contributed by atoms with Crippen LogP contribution in [0.4, 0.5) is 0 Å². The molecule has 0 unspecified atom stereocenters. The SMILES string of the molecule is NC1(C(=O)NCCc2ccc3c(c2)CCCO3)CC1. The molecule has 1 aliphatic carbocycles. The maximum atomic E-state index is 11.7. The quantitative estimate of drug-likeness (QED) is 0.854. The van der Waals surface area contributed by atoms with Gasteiger partial charge in [0.1, 0.15) is 5.75 Å². The van der Waals surface area contributed by atoms with Crippen molar-refractivity contribution in [3.05, 3.63) is 29.3 Å². The Hall–Kier alpha value is -1.55. The molecule has 1 aromatic carbocycles. The van der Waals surface area contributed by atoms with Crippen LogP contribution in [0.25, 0.3) is 0 Å². The summed E-state index contributed by atoms with van der Waals surface area (Å²) < 4.78 is 5.59. The van der Waals surface area contributed by atoms with Crippen LogP contribution in [0, 0.1) is 0 Å². The van der Waals surface area contributed by atoms with Crippen molar-refractivity contribution in [3.8, 4) is 5.75 Å². The van der Waals surface area contributed by atoms with E-state index < -0.39 is 5.54 Å². The van der Waals surface area contributed by atoms with Crippen molar-refractivity contribution >= 4 is 5.91 Å². The average molecular weight is 260 g/mol. The fraction of sp³-hybridized carbons (Fsp3) is 0.533. The van der Waals surface area contributed by atoms with Crippen LogP contribution >= 0.6 is 0 Å². The molecule has 3 rings (SSSR count). The fourth-order valence-corrected chi connectivity index (χ4v) is 2.43. The van der Waals surface area contributed by atoms with Gasteiger partial charge in [-0.2, -0.15) is 0 Å².